The highest BCUT2D eigenvalue weighted by atomic mass is 16.5. The van der Waals surface area contributed by atoms with Crippen molar-refractivity contribution in [3.8, 4) is 0 Å². The van der Waals surface area contributed by atoms with Crippen LogP contribution in [0.2, 0.25) is 0 Å². The van der Waals surface area contributed by atoms with Gasteiger partial charge in [0.05, 0.1) is 13.5 Å². The minimum Gasteiger partial charge on any atom is -0.469 e. The van der Waals surface area contributed by atoms with Crippen molar-refractivity contribution in [3.05, 3.63) is 49.6 Å². The molecule has 0 saturated heterocycles. The molecule has 0 fully saturated rings. The van der Waals surface area contributed by atoms with E-state index in [1.807, 2.05) is 24.3 Å². The summed E-state index contributed by atoms with van der Waals surface area (Å²) in [5, 5.41) is 0. The first-order valence-corrected chi connectivity index (χ1v) is 6.75. The monoisotopic (exact) mass is 262 g/mol. The topological polar surface area (TPSA) is 26.3 Å². The van der Waals surface area contributed by atoms with Gasteiger partial charge < -0.3 is 4.74 Å². The Kier molecular flexibility index (Phi) is 9.51. The van der Waals surface area contributed by atoms with E-state index in [-0.39, 0.29) is 11.9 Å². The van der Waals surface area contributed by atoms with Gasteiger partial charge in [-0.05, 0) is 18.3 Å². The molecule has 0 unspecified atom stereocenters. The molecule has 0 aliphatic heterocycles. The molecule has 0 amide bonds. The van der Waals surface area contributed by atoms with E-state index in [2.05, 4.69) is 37.8 Å². The smallest absolute Gasteiger partial charge is 0.306 e. The van der Waals surface area contributed by atoms with Gasteiger partial charge in [-0.1, -0.05) is 50.3 Å². The summed E-state index contributed by atoms with van der Waals surface area (Å²) in [6, 6.07) is 0. The number of carbonyl (C=O) groups excluding carboxylic acids is 1. The molecule has 0 aromatic rings. The van der Waals surface area contributed by atoms with Crippen molar-refractivity contribution in [2.45, 2.75) is 26.7 Å². The van der Waals surface area contributed by atoms with Crippen molar-refractivity contribution in [1.82, 2.24) is 0 Å². The highest BCUT2D eigenvalue weighted by Gasteiger charge is 2.08. The molecule has 0 spiro atoms. The molecule has 106 valence electrons. The lowest BCUT2D eigenvalue weighted by atomic mass is 9.91. The summed E-state index contributed by atoms with van der Waals surface area (Å²) in [7, 11) is 1.40. The normalized spacial score (nSPS) is 16.2. The van der Waals surface area contributed by atoms with Gasteiger partial charge in [-0.15, -0.1) is 13.2 Å². The molecule has 2 nitrogen and oxygen atoms in total. The maximum atomic E-state index is 11.2. The Balaban J connectivity index is 4.41. The van der Waals surface area contributed by atoms with E-state index in [0.717, 1.165) is 6.42 Å². The Morgan fingerprint density at radius 3 is 2.32 bits per heavy atom. The van der Waals surface area contributed by atoms with Gasteiger partial charge in [0.2, 0.25) is 0 Å². The fourth-order valence-electron chi connectivity index (χ4n) is 1.78. The summed E-state index contributed by atoms with van der Waals surface area (Å²) >= 11 is 0. The predicted molar refractivity (Wildman–Crippen MR) is 81.7 cm³/mol. The lowest BCUT2D eigenvalue weighted by Crippen LogP contribution is -2.06. The van der Waals surface area contributed by atoms with Crippen LogP contribution in [0.5, 0.6) is 0 Å². The van der Waals surface area contributed by atoms with Crippen LogP contribution in [0.4, 0.5) is 0 Å². The van der Waals surface area contributed by atoms with Crippen molar-refractivity contribution >= 4 is 5.97 Å². The first kappa shape index (κ1) is 17.4. The van der Waals surface area contributed by atoms with Crippen LogP contribution in [-0.2, 0) is 9.53 Å². The van der Waals surface area contributed by atoms with E-state index < -0.39 is 0 Å². The number of esters is 1. The van der Waals surface area contributed by atoms with Gasteiger partial charge >= 0.3 is 5.97 Å². The number of hydrogen-bond donors (Lipinski definition) is 0. The number of methoxy groups -OCH3 is 1. The minimum atomic E-state index is -0.217. The van der Waals surface area contributed by atoms with Crippen LogP contribution in [0, 0.1) is 17.8 Å². The first-order valence-electron chi connectivity index (χ1n) is 6.75. The quantitative estimate of drug-likeness (QED) is 0.351. The molecule has 0 heterocycles. The highest BCUT2D eigenvalue weighted by molar-refractivity contribution is 5.70. The van der Waals surface area contributed by atoms with Crippen molar-refractivity contribution in [2.75, 3.05) is 7.11 Å². The number of hydrogen-bond acceptors (Lipinski definition) is 2. The minimum absolute atomic E-state index is 0.0222. The summed E-state index contributed by atoms with van der Waals surface area (Å²) in [6.07, 6.45) is 13.3. The predicted octanol–water partition coefficient (Wildman–Crippen LogP) is 4.31. The van der Waals surface area contributed by atoms with Gasteiger partial charge in [0.15, 0.2) is 0 Å². The van der Waals surface area contributed by atoms with E-state index in [1.54, 1.807) is 6.08 Å². The zero-order valence-electron chi connectivity index (χ0n) is 12.3. The second-order valence-corrected chi connectivity index (χ2v) is 4.62. The third-order valence-corrected chi connectivity index (χ3v) is 3.28. The summed E-state index contributed by atoms with van der Waals surface area (Å²) in [4.78, 5) is 11.2. The fraction of sp³-hybridized carbons (Fsp3) is 0.471. The molecule has 0 aromatic carbocycles. The Morgan fingerprint density at radius 1 is 1.21 bits per heavy atom. The van der Waals surface area contributed by atoms with Crippen LogP contribution in [0.25, 0.3) is 0 Å². The van der Waals surface area contributed by atoms with E-state index in [9.17, 15) is 4.79 Å². The maximum absolute atomic E-state index is 11.2. The second-order valence-electron chi connectivity index (χ2n) is 4.62. The van der Waals surface area contributed by atoms with Crippen LogP contribution < -0.4 is 0 Å². The number of allylic oxidation sites excluding steroid dienone is 6. The summed E-state index contributed by atoms with van der Waals surface area (Å²) in [5.74, 6) is 0.782. The van der Waals surface area contributed by atoms with Crippen molar-refractivity contribution in [3.63, 3.8) is 0 Å². The van der Waals surface area contributed by atoms with E-state index in [4.69, 9.17) is 0 Å². The molecule has 0 aromatic heterocycles. The van der Waals surface area contributed by atoms with Gasteiger partial charge in [-0.3, -0.25) is 4.79 Å². The summed E-state index contributed by atoms with van der Waals surface area (Å²) in [5.41, 5.74) is 0. The van der Waals surface area contributed by atoms with Gasteiger partial charge in [0, 0.05) is 5.92 Å². The molecule has 0 bridgehead atoms. The molecule has 0 aliphatic rings. The average molecular weight is 262 g/mol. The third-order valence-electron chi connectivity index (χ3n) is 3.28. The van der Waals surface area contributed by atoms with Crippen LogP contribution in [-0.4, -0.2) is 13.1 Å². The Morgan fingerprint density at radius 2 is 1.84 bits per heavy atom. The molecule has 0 aliphatic carbocycles. The van der Waals surface area contributed by atoms with Crippen molar-refractivity contribution in [1.29, 1.82) is 0 Å². The lowest BCUT2D eigenvalue weighted by Gasteiger charge is -2.14. The van der Waals surface area contributed by atoms with Crippen LogP contribution in [0.3, 0.4) is 0 Å². The van der Waals surface area contributed by atoms with Gasteiger partial charge in [0.1, 0.15) is 0 Å². The largest absolute Gasteiger partial charge is 0.469 e. The first-order chi connectivity index (χ1) is 9.08. The standard InChI is InChI=1S/C17H26O2/c1-6-14(4)16(8-3)12-10-9-11-15(7-2)13-17(18)19-5/h6-7,9-12,14-16H,1-2,8,13H2,3-5H3/b11-9+,12-10+/t14-,15-,16+/m1/s1. The fourth-order valence-corrected chi connectivity index (χ4v) is 1.78. The Bertz CT molecular complexity index is 339. The molecular weight excluding hydrogens is 236 g/mol. The molecule has 0 rings (SSSR count). The molecular formula is C17H26O2. The van der Waals surface area contributed by atoms with Crippen LogP contribution in [0.15, 0.2) is 49.6 Å². The van der Waals surface area contributed by atoms with Crippen molar-refractivity contribution < 1.29 is 9.53 Å². The SMILES string of the molecule is C=C[C@H](/C=C/C=C/[C@H](CC)[C@H](C)C=C)CC(=O)OC. The Labute approximate surface area is 117 Å². The molecule has 2 heteroatoms. The zero-order chi connectivity index (χ0) is 14.7. The van der Waals surface area contributed by atoms with Crippen LogP contribution in [0.1, 0.15) is 26.7 Å². The highest BCUT2D eigenvalue weighted by Crippen LogP contribution is 2.18. The molecule has 0 N–H and O–H groups in total. The molecule has 0 saturated carbocycles. The summed E-state index contributed by atoms with van der Waals surface area (Å²) in [6.45, 7) is 11.9. The summed E-state index contributed by atoms with van der Waals surface area (Å²) < 4.78 is 4.64. The van der Waals surface area contributed by atoms with E-state index >= 15 is 0 Å². The van der Waals surface area contributed by atoms with Crippen LogP contribution >= 0.6 is 0 Å². The average Bonchev–Trinajstić information content (AvgIpc) is 2.44. The molecule has 19 heavy (non-hydrogen) atoms. The third kappa shape index (κ3) is 7.45. The van der Waals surface area contributed by atoms with E-state index in [0.29, 0.717) is 18.3 Å². The second kappa shape index (κ2) is 10.4. The lowest BCUT2D eigenvalue weighted by molar-refractivity contribution is -0.141. The maximum Gasteiger partial charge on any atom is 0.306 e. The number of carbonyl (C=O) groups is 1. The van der Waals surface area contributed by atoms with Crippen molar-refractivity contribution in [2.24, 2.45) is 17.8 Å². The number of ether oxygens (including phenoxy) is 1. The van der Waals surface area contributed by atoms with E-state index in [1.165, 1.54) is 7.11 Å². The zero-order valence-corrected chi connectivity index (χ0v) is 12.3. The van der Waals surface area contributed by atoms with Gasteiger partial charge in [-0.25, -0.2) is 0 Å². The Hall–Kier alpha value is -1.57. The van der Waals surface area contributed by atoms with Gasteiger partial charge in [-0.2, -0.15) is 0 Å². The number of rotatable bonds is 9. The van der Waals surface area contributed by atoms with Gasteiger partial charge in [0.25, 0.3) is 0 Å². The molecule has 0 radical (unpaired) electrons. The molecule has 3 atom stereocenters.